The lowest BCUT2D eigenvalue weighted by molar-refractivity contribution is -0.140. The largest absolute Gasteiger partial charge is 0.378 e. The molecule has 0 radical (unpaired) electrons. The molecule has 0 aromatic heterocycles. The van der Waals surface area contributed by atoms with Crippen molar-refractivity contribution in [1.29, 1.82) is 0 Å². The van der Waals surface area contributed by atoms with Crippen LogP contribution < -0.4 is 21.3 Å². The number of fused-ring (bicyclic) bond motifs is 1. The fourth-order valence-corrected chi connectivity index (χ4v) is 4.01. The van der Waals surface area contributed by atoms with E-state index in [0.717, 1.165) is 10.9 Å². The highest BCUT2D eigenvalue weighted by Crippen LogP contribution is 2.34. The Morgan fingerprint density at radius 1 is 0.935 bits per heavy atom. The van der Waals surface area contributed by atoms with Crippen molar-refractivity contribution in [3.8, 4) is 0 Å². The van der Waals surface area contributed by atoms with Crippen LogP contribution in [0.4, 0.5) is 5.69 Å². The van der Waals surface area contributed by atoms with E-state index >= 15 is 0 Å². The highest BCUT2D eigenvalue weighted by molar-refractivity contribution is 6.31. The zero-order valence-corrected chi connectivity index (χ0v) is 17.6. The molecule has 6 nitrogen and oxygen atoms in total. The maximum atomic E-state index is 12.7. The van der Waals surface area contributed by atoms with Crippen LogP contribution in [0.3, 0.4) is 0 Å². The number of rotatable bonds is 2. The van der Waals surface area contributed by atoms with Gasteiger partial charge in [0.1, 0.15) is 0 Å². The maximum Gasteiger partial charge on any atom is 0.378 e. The zero-order valence-electron chi connectivity index (χ0n) is 16.1. The Bertz CT molecular complexity index is 1320. The second kappa shape index (κ2) is 8.15. The molecule has 1 fully saturated rings. The van der Waals surface area contributed by atoms with Gasteiger partial charge in [0.2, 0.25) is 0 Å². The highest BCUT2D eigenvalue weighted by atomic mass is 35.5. The van der Waals surface area contributed by atoms with Crippen molar-refractivity contribution in [2.45, 2.75) is 12.5 Å². The molecule has 8 heteroatoms. The van der Waals surface area contributed by atoms with Gasteiger partial charge in [-0.15, -0.1) is 0 Å². The van der Waals surface area contributed by atoms with Crippen molar-refractivity contribution in [1.82, 2.24) is 5.59 Å². The van der Waals surface area contributed by atoms with Crippen LogP contribution in [0.5, 0.6) is 0 Å². The van der Waals surface area contributed by atoms with Gasteiger partial charge in [0.25, 0.3) is 0 Å². The Morgan fingerprint density at radius 2 is 1.65 bits per heavy atom. The van der Waals surface area contributed by atoms with Crippen molar-refractivity contribution >= 4 is 34.9 Å². The number of nitrogens with one attached hydrogen (secondary N) is 1. The van der Waals surface area contributed by atoms with Crippen LogP contribution in [0.25, 0.3) is 0 Å². The maximum absolute atomic E-state index is 12.7. The summed E-state index contributed by atoms with van der Waals surface area (Å²) in [6, 6.07) is 21.9. The predicted molar refractivity (Wildman–Crippen MR) is 118 cm³/mol. The third-order valence-corrected chi connectivity index (χ3v) is 5.68. The van der Waals surface area contributed by atoms with Gasteiger partial charge in [-0.1, -0.05) is 59.1 Å². The summed E-state index contributed by atoms with van der Waals surface area (Å²) < 4.78 is 0. The Hall–Kier alpha value is -3.19. The molecule has 0 amide bonds. The van der Waals surface area contributed by atoms with Gasteiger partial charge < -0.3 is 4.84 Å². The van der Waals surface area contributed by atoms with E-state index in [1.165, 1.54) is 0 Å². The SMILES string of the molecule is O=C1ONN(c2ccc(Cl)cc2)C1=C1CC(c2ccccc2Cl)N=c2ccccc2=N1. The molecule has 1 saturated heterocycles. The fourth-order valence-electron chi connectivity index (χ4n) is 3.62. The van der Waals surface area contributed by atoms with Gasteiger partial charge in [0.05, 0.1) is 28.1 Å². The summed E-state index contributed by atoms with van der Waals surface area (Å²) >= 11 is 12.5. The Balaban J connectivity index is 1.71. The molecule has 0 saturated carbocycles. The molecule has 2 aliphatic heterocycles. The first kappa shape index (κ1) is 19.8. The zero-order chi connectivity index (χ0) is 21.4. The highest BCUT2D eigenvalue weighted by Gasteiger charge is 2.34. The summed E-state index contributed by atoms with van der Waals surface area (Å²) in [4.78, 5) is 27.6. The number of anilines is 1. The van der Waals surface area contributed by atoms with E-state index in [9.17, 15) is 4.79 Å². The van der Waals surface area contributed by atoms with Gasteiger partial charge in [0, 0.05) is 16.5 Å². The number of benzene rings is 3. The second-order valence-corrected chi connectivity index (χ2v) is 7.90. The summed E-state index contributed by atoms with van der Waals surface area (Å²) in [6.07, 6.45) is 0.370. The second-order valence-electron chi connectivity index (χ2n) is 7.06. The summed E-state index contributed by atoms with van der Waals surface area (Å²) in [5.41, 5.74) is 5.07. The van der Waals surface area contributed by atoms with Crippen LogP contribution in [0.2, 0.25) is 10.0 Å². The third-order valence-electron chi connectivity index (χ3n) is 5.09. The molecule has 1 atom stereocenters. The van der Waals surface area contributed by atoms with Crippen LogP contribution in [0, 0.1) is 0 Å². The van der Waals surface area contributed by atoms with Crippen LogP contribution in [-0.4, -0.2) is 5.97 Å². The van der Waals surface area contributed by atoms with Gasteiger partial charge in [0.15, 0.2) is 5.70 Å². The Labute approximate surface area is 188 Å². The molecule has 3 aromatic carbocycles. The van der Waals surface area contributed by atoms with Gasteiger partial charge in [-0.25, -0.2) is 14.8 Å². The minimum atomic E-state index is -0.522. The average molecular weight is 451 g/mol. The third kappa shape index (κ3) is 3.81. The average Bonchev–Trinajstić information content (AvgIpc) is 3.05. The molecule has 5 rings (SSSR count). The molecular formula is C23H16Cl2N4O2. The fraction of sp³-hybridized carbons (Fsp3) is 0.0870. The first-order valence-electron chi connectivity index (χ1n) is 9.62. The number of halogens is 2. The molecule has 31 heavy (non-hydrogen) atoms. The summed E-state index contributed by atoms with van der Waals surface area (Å²) in [7, 11) is 0. The van der Waals surface area contributed by atoms with E-state index in [1.807, 2.05) is 48.5 Å². The summed E-state index contributed by atoms with van der Waals surface area (Å²) in [6.45, 7) is 0. The predicted octanol–water partition coefficient (Wildman–Crippen LogP) is 4.07. The standard InChI is InChI=1S/C23H16Cl2N4O2/c24-14-9-11-15(12-10-14)29-22(23(30)31-28-29)21-13-20(16-5-1-2-6-17(16)25)26-18-7-3-4-8-19(18)27-21/h1-12,20,28H,13H2. The minimum Gasteiger partial charge on any atom is -0.345 e. The lowest BCUT2D eigenvalue weighted by Gasteiger charge is -2.19. The van der Waals surface area contributed by atoms with Crippen LogP contribution in [0.15, 0.2) is 94.2 Å². The molecule has 1 unspecified atom stereocenters. The van der Waals surface area contributed by atoms with E-state index in [-0.39, 0.29) is 6.04 Å². The molecule has 0 aliphatic carbocycles. The number of hydrazine groups is 1. The van der Waals surface area contributed by atoms with E-state index in [1.54, 1.807) is 29.3 Å². The molecule has 154 valence electrons. The number of hydrogen-bond acceptors (Lipinski definition) is 6. The first-order chi connectivity index (χ1) is 15.1. The number of nitrogens with zero attached hydrogens (tertiary/aromatic N) is 3. The van der Waals surface area contributed by atoms with Crippen LogP contribution >= 0.6 is 23.2 Å². The minimum absolute atomic E-state index is 0.297. The van der Waals surface area contributed by atoms with Gasteiger partial charge >= 0.3 is 5.97 Å². The number of carbonyl (C=O) groups is 1. The lowest BCUT2D eigenvalue weighted by atomic mass is 10.0. The van der Waals surface area contributed by atoms with Crippen molar-refractivity contribution in [3.05, 3.63) is 111 Å². The van der Waals surface area contributed by atoms with Crippen LogP contribution in [-0.2, 0) is 9.63 Å². The molecule has 2 heterocycles. The van der Waals surface area contributed by atoms with Crippen molar-refractivity contribution in [2.24, 2.45) is 9.98 Å². The monoisotopic (exact) mass is 450 g/mol. The summed E-state index contributed by atoms with van der Waals surface area (Å²) in [5.74, 6) is -0.522. The van der Waals surface area contributed by atoms with Gasteiger partial charge in [-0.2, -0.15) is 0 Å². The quantitative estimate of drug-likeness (QED) is 0.597. The molecule has 2 aliphatic rings. The van der Waals surface area contributed by atoms with Crippen molar-refractivity contribution in [3.63, 3.8) is 0 Å². The van der Waals surface area contributed by atoms with Crippen LogP contribution in [0.1, 0.15) is 18.0 Å². The topological polar surface area (TPSA) is 66.3 Å². The lowest BCUT2D eigenvalue weighted by Crippen LogP contribution is -2.29. The van der Waals surface area contributed by atoms with Crippen molar-refractivity contribution < 1.29 is 9.63 Å². The van der Waals surface area contributed by atoms with Gasteiger partial charge in [-0.3, -0.25) is 4.99 Å². The van der Waals surface area contributed by atoms with E-state index < -0.39 is 5.97 Å². The van der Waals surface area contributed by atoms with Crippen molar-refractivity contribution in [2.75, 3.05) is 5.01 Å². The smallest absolute Gasteiger partial charge is 0.345 e. The molecule has 3 aromatic rings. The number of carbonyl (C=O) groups excluding carboxylic acids is 1. The number of para-hydroxylation sites is 2. The van der Waals surface area contributed by atoms with Gasteiger partial charge in [-0.05, 0) is 48.0 Å². The molecule has 0 spiro atoms. The van der Waals surface area contributed by atoms with E-state index in [2.05, 4.69) is 5.59 Å². The van der Waals surface area contributed by atoms with E-state index in [0.29, 0.717) is 38.9 Å². The first-order valence-corrected chi connectivity index (χ1v) is 10.4. The van der Waals surface area contributed by atoms with E-state index in [4.69, 9.17) is 38.0 Å². The molecule has 0 bridgehead atoms. The Morgan fingerprint density at radius 3 is 2.42 bits per heavy atom. The molecule has 1 N–H and O–H groups in total. The summed E-state index contributed by atoms with van der Waals surface area (Å²) in [5, 5.41) is 4.18. The molecular weight excluding hydrogens is 435 g/mol. The normalized spacial score (nSPS) is 20.4. The Kier molecular flexibility index (Phi) is 5.19. The number of hydrogen-bond donors (Lipinski definition) is 1.